The molecule has 1 aliphatic heterocycles. The standard InChI is InChI=1S/C11H17N3O2/c1-10(2)6(11(10,3)4)5-12-9-13-7(15)8(16)14-9/h6H,5H2,1-4H3,(H2,12,13,14,15,16). The fourth-order valence-electron chi connectivity index (χ4n) is 2.41. The van der Waals surface area contributed by atoms with Crippen molar-refractivity contribution in [3.8, 4) is 0 Å². The van der Waals surface area contributed by atoms with Gasteiger partial charge in [-0.15, -0.1) is 0 Å². The largest absolute Gasteiger partial charge is 0.316 e. The normalized spacial score (nSPS) is 26.4. The molecule has 2 fully saturated rings. The first-order valence-electron chi connectivity index (χ1n) is 5.43. The van der Waals surface area contributed by atoms with Crippen LogP contribution in [0.4, 0.5) is 0 Å². The van der Waals surface area contributed by atoms with Gasteiger partial charge in [0.2, 0.25) is 5.96 Å². The molecule has 0 unspecified atom stereocenters. The van der Waals surface area contributed by atoms with E-state index in [4.69, 9.17) is 0 Å². The minimum atomic E-state index is -0.631. The van der Waals surface area contributed by atoms with Crippen molar-refractivity contribution < 1.29 is 9.59 Å². The fourth-order valence-corrected chi connectivity index (χ4v) is 2.41. The van der Waals surface area contributed by atoms with E-state index in [9.17, 15) is 9.59 Å². The molecule has 0 radical (unpaired) electrons. The van der Waals surface area contributed by atoms with Gasteiger partial charge in [0, 0.05) is 6.54 Å². The summed E-state index contributed by atoms with van der Waals surface area (Å²) in [6.45, 7) is 9.48. The Morgan fingerprint density at radius 1 is 1.06 bits per heavy atom. The van der Waals surface area contributed by atoms with Gasteiger partial charge >= 0.3 is 11.8 Å². The monoisotopic (exact) mass is 223 g/mol. The lowest BCUT2D eigenvalue weighted by Crippen LogP contribution is -2.26. The van der Waals surface area contributed by atoms with E-state index in [0.717, 1.165) is 0 Å². The lowest BCUT2D eigenvalue weighted by atomic mass is 10.0. The van der Waals surface area contributed by atoms with Crippen molar-refractivity contribution in [1.82, 2.24) is 10.6 Å². The van der Waals surface area contributed by atoms with Crippen LogP contribution in [0, 0.1) is 16.7 Å². The van der Waals surface area contributed by atoms with E-state index in [0.29, 0.717) is 12.5 Å². The summed E-state index contributed by atoms with van der Waals surface area (Å²) in [5, 5.41) is 4.78. The molecule has 0 aromatic heterocycles. The second kappa shape index (κ2) is 3.06. The topological polar surface area (TPSA) is 70.6 Å². The van der Waals surface area contributed by atoms with E-state index >= 15 is 0 Å². The van der Waals surface area contributed by atoms with E-state index in [1.807, 2.05) is 0 Å². The lowest BCUT2D eigenvalue weighted by Gasteiger charge is -2.04. The number of hydrogen-bond donors (Lipinski definition) is 2. The van der Waals surface area contributed by atoms with Gasteiger partial charge in [0.15, 0.2) is 0 Å². The molecule has 0 bridgehead atoms. The van der Waals surface area contributed by atoms with E-state index in [-0.39, 0.29) is 16.8 Å². The Hall–Kier alpha value is -1.39. The highest BCUT2D eigenvalue weighted by molar-refractivity contribution is 6.45. The highest BCUT2D eigenvalue weighted by atomic mass is 16.2. The number of aliphatic imine (C=N–C) groups is 1. The van der Waals surface area contributed by atoms with Gasteiger partial charge in [-0.05, 0) is 16.7 Å². The Bertz CT molecular complexity index is 364. The summed E-state index contributed by atoms with van der Waals surface area (Å²) in [7, 11) is 0. The molecular weight excluding hydrogens is 206 g/mol. The number of nitrogens with zero attached hydrogens (tertiary/aromatic N) is 1. The molecule has 1 saturated heterocycles. The maximum atomic E-state index is 10.9. The molecular formula is C11H17N3O2. The van der Waals surface area contributed by atoms with Crippen LogP contribution in [-0.4, -0.2) is 24.3 Å². The summed E-state index contributed by atoms with van der Waals surface area (Å²) in [4.78, 5) is 26.0. The van der Waals surface area contributed by atoms with Crippen LogP contribution in [0.1, 0.15) is 27.7 Å². The third-order valence-corrected chi connectivity index (χ3v) is 4.42. The Labute approximate surface area is 94.7 Å². The number of guanidine groups is 1. The number of carbonyl (C=O) groups excluding carboxylic acids is 2. The SMILES string of the molecule is CC1(C)C(CN=C2NC(=O)C(=O)N2)C1(C)C. The molecule has 5 heteroatoms. The van der Waals surface area contributed by atoms with Crippen molar-refractivity contribution in [2.75, 3.05) is 6.54 Å². The average molecular weight is 223 g/mol. The zero-order valence-corrected chi connectivity index (χ0v) is 10.0. The van der Waals surface area contributed by atoms with Crippen molar-refractivity contribution in [3.05, 3.63) is 0 Å². The maximum Gasteiger partial charge on any atom is 0.316 e. The smallest absolute Gasteiger partial charge is 0.288 e. The quantitative estimate of drug-likeness (QED) is 0.660. The Morgan fingerprint density at radius 2 is 1.50 bits per heavy atom. The van der Waals surface area contributed by atoms with E-state index in [2.05, 4.69) is 43.3 Å². The predicted octanol–water partition coefficient (Wildman–Crippen LogP) is 0.271. The minimum absolute atomic E-state index is 0.268. The molecule has 16 heavy (non-hydrogen) atoms. The van der Waals surface area contributed by atoms with Gasteiger partial charge in [-0.2, -0.15) is 0 Å². The Balaban J connectivity index is 1.97. The molecule has 0 atom stereocenters. The van der Waals surface area contributed by atoms with Gasteiger partial charge in [0.25, 0.3) is 0 Å². The van der Waals surface area contributed by atoms with Crippen LogP contribution in [0.2, 0.25) is 0 Å². The molecule has 1 heterocycles. The molecule has 2 rings (SSSR count). The van der Waals surface area contributed by atoms with Crippen LogP contribution in [0.3, 0.4) is 0 Å². The molecule has 5 nitrogen and oxygen atoms in total. The molecule has 0 aromatic rings. The zero-order chi connectivity index (χ0) is 12.1. The van der Waals surface area contributed by atoms with Crippen LogP contribution in [0.15, 0.2) is 4.99 Å². The summed E-state index contributed by atoms with van der Waals surface area (Å²) >= 11 is 0. The first kappa shape index (κ1) is 11.1. The number of carbonyl (C=O) groups is 2. The van der Waals surface area contributed by atoms with Crippen molar-refractivity contribution in [2.45, 2.75) is 27.7 Å². The van der Waals surface area contributed by atoms with E-state index in [1.165, 1.54) is 0 Å². The highest BCUT2D eigenvalue weighted by Gasteiger charge is 2.64. The zero-order valence-electron chi connectivity index (χ0n) is 10.0. The summed E-state index contributed by atoms with van der Waals surface area (Å²) in [6, 6.07) is 0. The Morgan fingerprint density at radius 3 is 1.88 bits per heavy atom. The van der Waals surface area contributed by atoms with Crippen LogP contribution in [-0.2, 0) is 9.59 Å². The summed E-state index contributed by atoms with van der Waals surface area (Å²) in [5.74, 6) is -0.489. The summed E-state index contributed by atoms with van der Waals surface area (Å²) in [5.41, 5.74) is 0.535. The van der Waals surface area contributed by atoms with E-state index in [1.54, 1.807) is 0 Å². The van der Waals surface area contributed by atoms with Crippen LogP contribution < -0.4 is 10.6 Å². The highest BCUT2D eigenvalue weighted by Crippen LogP contribution is 2.68. The van der Waals surface area contributed by atoms with Gasteiger partial charge in [0.1, 0.15) is 0 Å². The second-order valence-electron chi connectivity index (χ2n) is 5.59. The van der Waals surface area contributed by atoms with E-state index < -0.39 is 11.8 Å². The predicted molar refractivity (Wildman–Crippen MR) is 59.6 cm³/mol. The molecule has 2 N–H and O–H groups in total. The summed E-state index contributed by atoms with van der Waals surface area (Å²) < 4.78 is 0. The summed E-state index contributed by atoms with van der Waals surface area (Å²) in [6.07, 6.45) is 0. The van der Waals surface area contributed by atoms with Gasteiger partial charge < -0.3 is 0 Å². The minimum Gasteiger partial charge on any atom is -0.288 e. The molecule has 0 spiro atoms. The third-order valence-electron chi connectivity index (χ3n) is 4.42. The molecule has 1 aliphatic carbocycles. The van der Waals surface area contributed by atoms with Crippen LogP contribution in [0.25, 0.3) is 0 Å². The number of hydrogen-bond acceptors (Lipinski definition) is 3. The fraction of sp³-hybridized carbons (Fsp3) is 0.727. The molecule has 1 saturated carbocycles. The molecule has 0 aromatic carbocycles. The number of amides is 2. The van der Waals surface area contributed by atoms with Crippen molar-refractivity contribution in [3.63, 3.8) is 0 Å². The van der Waals surface area contributed by atoms with Crippen molar-refractivity contribution in [2.24, 2.45) is 21.7 Å². The van der Waals surface area contributed by atoms with Crippen molar-refractivity contribution >= 4 is 17.8 Å². The molecule has 88 valence electrons. The van der Waals surface area contributed by atoms with Crippen molar-refractivity contribution in [1.29, 1.82) is 0 Å². The molecule has 2 aliphatic rings. The Kier molecular flexibility index (Phi) is 2.12. The van der Waals surface area contributed by atoms with Gasteiger partial charge in [-0.3, -0.25) is 25.2 Å². The van der Waals surface area contributed by atoms with Gasteiger partial charge in [0.05, 0.1) is 0 Å². The maximum absolute atomic E-state index is 10.9. The van der Waals surface area contributed by atoms with Crippen LogP contribution >= 0.6 is 0 Å². The molecule has 2 amide bonds. The first-order valence-corrected chi connectivity index (χ1v) is 5.43. The second-order valence-corrected chi connectivity index (χ2v) is 5.59. The number of rotatable bonds is 2. The first-order chi connectivity index (χ1) is 7.26. The van der Waals surface area contributed by atoms with Crippen LogP contribution in [0.5, 0.6) is 0 Å². The third kappa shape index (κ3) is 1.42. The van der Waals surface area contributed by atoms with Gasteiger partial charge in [-0.1, -0.05) is 27.7 Å². The lowest BCUT2D eigenvalue weighted by molar-refractivity contribution is -0.135. The average Bonchev–Trinajstić information content (AvgIpc) is 2.39. The number of nitrogens with one attached hydrogen (secondary N) is 2. The van der Waals surface area contributed by atoms with Gasteiger partial charge in [-0.25, -0.2) is 0 Å².